The van der Waals surface area contributed by atoms with Crippen LogP contribution in [0.4, 0.5) is 0 Å². The van der Waals surface area contributed by atoms with Gasteiger partial charge in [0.25, 0.3) is 0 Å². The molecule has 1 fully saturated rings. The zero-order valence-corrected chi connectivity index (χ0v) is 15.1. The summed E-state index contributed by atoms with van der Waals surface area (Å²) in [6, 6.07) is 17.9. The highest BCUT2D eigenvalue weighted by Gasteiger charge is 2.20. The second-order valence-corrected chi connectivity index (χ2v) is 6.41. The minimum absolute atomic E-state index is 0.356. The molecule has 0 unspecified atom stereocenters. The first-order valence-electron chi connectivity index (χ1n) is 9.08. The summed E-state index contributed by atoms with van der Waals surface area (Å²) in [6.45, 7) is 3.36. The Morgan fingerprint density at radius 2 is 1.33 bits per heavy atom. The van der Waals surface area contributed by atoms with Gasteiger partial charge in [-0.05, 0) is 36.4 Å². The molecule has 0 atom stereocenters. The Morgan fingerprint density at radius 1 is 0.741 bits per heavy atom. The van der Waals surface area contributed by atoms with E-state index in [1.807, 2.05) is 67.0 Å². The molecule has 0 N–H and O–H groups in total. The molecule has 1 aliphatic heterocycles. The van der Waals surface area contributed by atoms with E-state index in [4.69, 9.17) is 14.5 Å². The van der Waals surface area contributed by atoms with Crippen molar-refractivity contribution in [1.29, 1.82) is 0 Å². The maximum atomic E-state index is 5.57. The molecule has 0 saturated carbocycles. The Morgan fingerprint density at radius 3 is 1.93 bits per heavy atom. The molecule has 0 spiro atoms. The average molecular weight is 362 g/mol. The predicted octanol–water partition coefficient (Wildman–Crippen LogP) is 3.12. The molecule has 0 aliphatic carbocycles. The Hall–Kier alpha value is -2.67. The van der Waals surface area contributed by atoms with Gasteiger partial charge in [-0.1, -0.05) is 18.2 Å². The smallest absolute Gasteiger partial charge is 0.201 e. The van der Waals surface area contributed by atoms with Gasteiger partial charge in [-0.3, -0.25) is 19.9 Å². The standard InChI is InChI=1S/C21H22N4O2/c1-3-10-22-17(6-1)14-25(15-18-7-2-4-11-23-18)16-19-8-5-9-20(24-19)21-26-12-13-27-21/h1-11,21H,12-16H2. The van der Waals surface area contributed by atoms with Gasteiger partial charge in [-0.25, -0.2) is 0 Å². The number of ether oxygens (including phenoxy) is 2. The normalized spacial score (nSPS) is 14.7. The second-order valence-electron chi connectivity index (χ2n) is 6.41. The molecule has 0 bridgehead atoms. The Balaban J connectivity index is 1.52. The van der Waals surface area contributed by atoms with E-state index >= 15 is 0 Å². The van der Waals surface area contributed by atoms with Gasteiger partial charge in [0.1, 0.15) is 0 Å². The zero-order valence-electron chi connectivity index (χ0n) is 15.1. The fourth-order valence-electron chi connectivity index (χ4n) is 3.08. The molecule has 1 aliphatic rings. The largest absolute Gasteiger partial charge is 0.345 e. The van der Waals surface area contributed by atoms with Crippen molar-refractivity contribution in [1.82, 2.24) is 19.9 Å². The van der Waals surface area contributed by atoms with E-state index in [1.165, 1.54) is 0 Å². The van der Waals surface area contributed by atoms with Gasteiger partial charge in [0.15, 0.2) is 0 Å². The van der Waals surface area contributed by atoms with Crippen LogP contribution in [0.25, 0.3) is 0 Å². The summed E-state index contributed by atoms with van der Waals surface area (Å²) in [5.41, 5.74) is 3.83. The molecule has 6 heteroatoms. The van der Waals surface area contributed by atoms with Gasteiger partial charge >= 0.3 is 0 Å². The van der Waals surface area contributed by atoms with Crippen molar-refractivity contribution in [2.24, 2.45) is 0 Å². The van der Waals surface area contributed by atoms with Gasteiger partial charge in [0, 0.05) is 32.0 Å². The SMILES string of the molecule is c1ccc(CN(Cc2ccccn2)Cc2cccc(C3OCCO3)n2)nc1. The molecule has 0 amide bonds. The van der Waals surface area contributed by atoms with Gasteiger partial charge in [0.05, 0.1) is 36.0 Å². The first-order chi connectivity index (χ1) is 13.4. The van der Waals surface area contributed by atoms with Crippen LogP contribution in [0.15, 0.2) is 67.0 Å². The lowest BCUT2D eigenvalue weighted by molar-refractivity contribution is -0.0474. The summed E-state index contributed by atoms with van der Waals surface area (Å²) < 4.78 is 11.1. The highest BCUT2D eigenvalue weighted by Crippen LogP contribution is 2.22. The Labute approximate surface area is 158 Å². The monoisotopic (exact) mass is 362 g/mol. The van der Waals surface area contributed by atoms with Crippen molar-refractivity contribution in [3.05, 3.63) is 89.8 Å². The fraction of sp³-hybridized carbons (Fsp3) is 0.286. The van der Waals surface area contributed by atoms with E-state index in [0.29, 0.717) is 19.8 Å². The van der Waals surface area contributed by atoms with Crippen LogP contribution in [0.3, 0.4) is 0 Å². The second kappa shape index (κ2) is 8.81. The van der Waals surface area contributed by atoms with E-state index in [1.54, 1.807) is 0 Å². The van der Waals surface area contributed by atoms with E-state index in [9.17, 15) is 0 Å². The molecule has 27 heavy (non-hydrogen) atoms. The molecule has 0 aromatic carbocycles. The van der Waals surface area contributed by atoms with Crippen molar-refractivity contribution in [3.8, 4) is 0 Å². The van der Waals surface area contributed by atoms with Crippen molar-refractivity contribution in [2.45, 2.75) is 25.9 Å². The van der Waals surface area contributed by atoms with Crippen LogP contribution in [0.1, 0.15) is 29.1 Å². The summed E-state index contributed by atoms with van der Waals surface area (Å²) >= 11 is 0. The molecule has 3 aromatic rings. The number of aromatic nitrogens is 3. The van der Waals surface area contributed by atoms with Crippen molar-refractivity contribution in [3.63, 3.8) is 0 Å². The van der Waals surface area contributed by atoms with Crippen LogP contribution < -0.4 is 0 Å². The van der Waals surface area contributed by atoms with E-state index in [2.05, 4.69) is 14.9 Å². The van der Waals surface area contributed by atoms with Crippen LogP contribution in [-0.2, 0) is 29.1 Å². The maximum Gasteiger partial charge on any atom is 0.201 e. The third-order valence-electron chi connectivity index (χ3n) is 4.30. The van der Waals surface area contributed by atoms with Gasteiger partial charge < -0.3 is 9.47 Å². The Bertz CT molecular complexity index is 798. The lowest BCUT2D eigenvalue weighted by Gasteiger charge is -2.22. The fourth-order valence-corrected chi connectivity index (χ4v) is 3.08. The summed E-state index contributed by atoms with van der Waals surface area (Å²) in [5.74, 6) is 0. The topological polar surface area (TPSA) is 60.4 Å². The molecular weight excluding hydrogens is 340 g/mol. The van der Waals surface area contributed by atoms with Crippen molar-refractivity contribution >= 4 is 0 Å². The molecule has 3 aromatic heterocycles. The van der Waals surface area contributed by atoms with E-state index in [0.717, 1.165) is 35.9 Å². The zero-order chi connectivity index (χ0) is 18.3. The lowest BCUT2D eigenvalue weighted by Crippen LogP contribution is -2.24. The predicted molar refractivity (Wildman–Crippen MR) is 100 cm³/mol. The molecule has 6 nitrogen and oxygen atoms in total. The number of hydrogen-bond acceptors (Lipinski definition) is 6. The Kier molecular flexibility index (Phi) is 5.79. The van der Waals surface area contributed by atoms with Crippen LogP contribution in [0.2, 0.25) is 0 Å². The quantitative estimate of drug-likeness (QED) is 0.644. The third kappa shape index (κ3) is 4.95. The summed E-state index contributed by atoms with van der Waals surface area (Å²) in [7, 11) is 0. The first-order valence-corrected chi connectivity index (χ1v) is 9.08. The third-order valence-corrected chi connectivity index (χ3v) is 4.30. The van der Waals surface area contributed by atoms with E-state index < -0.39 is 0 Å². The van der Waals surface area contributed by atoms with E-state index in [-0.39, 0.29) is 6.29 Å². The molecular formula is C21H22N4O2. The summed E-state index contributed by atoms with van der Waals surface area (Å²) in [4.78, 5) is 15.9. The molecule has 138 valence electrons. The molecule has 4 heterocycles. The van der Waals surface area contributed by atoms with Crippen molar-refractivity contribution in [2.75, 3.05) is 13.2 Å². The minimum atomic E-state index is -0.356. The van der Waals surface area contributed by atoms with Gasteiger partial charge in [-0.2, -0.15) is 0 Å². The highest BCUT2D eigenvalue weighted by atomic mass is 16.7. The number of pyridine rings is 3. The first kappa shape index (κ1) is 17.7. The molecule has 4 rings (SSSR count). The molecule has 0 radical (unpaired) electrons. The van der Waals surface area contributed by atoms with Gasteiger partial charge in [0.2, 0.25) is 6.29 Å². The number of hydrogen-bond donors (Lipinski definition) is 0. The minimum Gasteiger partial charge on any atom is -0.345 e. The van der Waals surface area contributed by atoms with Crippen LogP contribution in [0.5, 0.6) is 0 Å². The lowest BCUT2D eigenvalue weighted by atomic mass is 10.2. The maximum absolute atomic E-state index is 5.57. The summed E-state index contributed by atoms with van der Waals surface area (Å²) in [5, 5.41) is 0. The van der Waals surface area contributed by atoms with Crippen molar-refractivity contribution < 1.29 is 9.47 Å². The van der Waals surface area contributed by atoms with Crippen LogP contribution in [-0.4, -0.2) is 33.1 Å². The van der Waals surface area contributed by atoms with Crippen LogP contribution in [0, 0.1) is 0 Å². The van der Waals surface area contributed by atoms with Gasteiger partial charge in [-0.15, -0.1) is 0 Å². The highest BCUT2D eigenvalue weighted by molar-refractivity contribution is 5.14. The average Bonchev–Trinajstić information content (AvgIpc) is 3.25. The number of nitrogens with zero attached hydrogens (tertiary/aromatic N) is 4. The number of rotatable bonds is 7. The van der Waals surface area contributed by atoms with Crippen LogP contribution >= 0.6 is 0 Å². The summed E-state index contributed by atoms with van der Waals surface area (Å²) in [6.07, 6.45) is 3.29. The molecule has 1 saturated heterocycles.